The van der Waals surface area contributed by atoms with E-state index in [1.165, 1.54) is 0 Å². The van der Waals surface area contributed by atoms with Crippen molar-refractivity contribution in [2.24, 2.45) is 5.92 Å². The third kappa shape index (κ3) is 1.45. The fourth-order valence-electron chi connectivity index (χ4n) is 3.38. The Labute approximate surface area is 99.8 Å². The van der Waals surface area contributed by atoms with Crippen LogP contribution in [0.2, 0.25) is 0 Å². The van der Waals surface area contributed by atoms with Gasteiger partial charge in [-0.2, -0.15) is 0 Å². The Kier molecular flexibility index (Phi) is 1.93. The molecule has 2 spiro atoms. The molecule has 0 radical (unpaired) electrons. The van der Waals surface area contributed by atoms with Gasteiger partial charge in [0.2, 0.25) is 0 Å². The van der Waals surface area contributed by atoms with Gasteiger partial charge in [-0.05, 0) is 12.8 Å². The van der Waals surface area contributed by atoms with Gasteiger partial charge in [0, 0.05) is 31.5 Å². The molecule has 6 nitrogen and oxygen atoms in total. The van der Waals surface area contributed by atoms with E-state index < -0.39 is 0 Å². The van der Waals surface area contributed by atoms with Crippen LogP contribution in [-0.2, 0) is 9.53 Å². The molecule has 2 saturated carbocycles. The van der Waals surface area contributed by atoms with Crippen LogP contribution in [0.1, 0.15) is 25.7 Å². The van der Waals surface area contributed by atoms with E-state index >= 15 is 0 Å². The summed E-state index contributed by atoms with van der Waals surface area (Å²) in [5, 5.41) is 0. The molecule has 4 fully saturated rings. The van der Waals surface area contributed by atoms with Gasteiger partial charge in [-0.1, -0.05) is 0 Å². The van der Waals surface area contributed by atoms with Crippen LogP contribution in [0.15, 0.2) is 0 Å². The van der Waals surface area contributed by atoms with Crippen molar-refractivity contribution in [2.45, 2.75) is 42.9 Å². The summed E-state index contributed by atoms with van der Waals surface area (Å²) < 4.78 is 5.53. The second-order valence-corrected chi connectivity index (χ2v) is 6.09. The van der Waals surface area contributed by atoms with Gasteiger partial charge in [-0.15, -0.1) is 0 Å². The van der Waals surface area contributed by atoms with Gasteiger partial charge < -0.3 is 4.74 Å². The maximum atomic E-state index is 11.9. The third-order valence-electron chi connectivity index (χ3n) is 4.69. The molecule has 94 valence electrons. The van der Waals surface area contributed by atoms with Crippen molar-refractivity contribution in [3.8, 4) is 0 Å². The predicted molar refractivity (Wildman–Crippen MR) is 59.6 cm³/mol. The monoisotopic (exact) mass is 238 g/mol. The molecule has 2 saturated heterocycles. The van der Waals surface area contributed by atoms with Crippen molar-refractivity contribution in [2.75, 3.05) is 13.1 Å². The summed E-state index contributed by atoms with van der Waals surface area (Å²) >= 11 is 0. The lowest BCUT2D eigenvalue weighted by Crippen LogP contribution is -2.77. The average molecular weight is 238 g/mol. The number of esters is 1. The molecule has 0 aromatic carbocycles. The van der Waals surface area contributed by atoms with E-state index in [1.807, 2.05) is 0 Å². The summed E-state index contributed by atoms with van der Waals surface area (Å²) in [6.45, 7) is 1.99. The first-order chi connectivity index (χ1) is 8.19. The molecule has 4 N–H and O–H groups in total. The maximum Gasteiger partial charge on any atom is 0.309 e. The van der Waals surface area contributed by atoms with Crippen LogP contribution in [0.3, 0.4) is 0 Å². The molecule has 2 heterocycles. The van der Waals surface area contributed by atoms with Crippen LogP contribution in [0.25, 0.3) is 0 Å². The van der Waals surface area contributed by atoms with Gasteiger partial charge in [-0.25, -0.2) is 0 Å². The van der Waals surface area contributed by atoms with E-state index in [4.69, 9.17) is 4.74 Å². The fraction of sp³-hybridized carbons (Fsp3) is 0.909. The Bertz CT molecular complexity index is 348. The van der Waals surface area contributed by atoms with Crippen LogP contribution >= 0.6 is 0 Å². The molecule has 6 heteroatoms. The molecule has 2 aliphatic carbocycles. The number of nitrogens with one attached hydrogen (secondary N) is 4. The van der Waals surface area contributed by atoms with Crippen molar-refractivity contribution in [3.63, 3.8) is 0 Å². The Balaban J connectivity index is 1.23. The molecule has 0 unspecified atom stereocenters. The maximum absolute atomic E-state index is 11.9. The lowest BCUT2D eigenvalue weighted by atomic mass is 9.66. The van der Waals surface area contributed by atoms with E-state index in [2.05, 4.69) is 21.7 Å². The molecular weight excluding hydrogens is 220 g/mol. The number of hydrogen-bond donors (Lipinski definition) is 4. The first kappa shape index (κ1) is 10.3. The Morgan fingerprint density at radius 3 is 2.00 bits per heavy atom. The molecule has 0 atom stereocenters. The van der Waals surface area contributed by atoms with Crippen LogP contribution < -0.4 is 21.7 Å². The first-order valence-electron chi connectivity index (χ1n) is 6.39. The minimum atomic E-state index is 0.0106. The molecular formula is C11H18N4O2. The highest BCUT2D eigenvalue weighted by molar-refractivity contribution is 5.74. The van der Waals surface area contributed by atoms with Crippen LogP contribution in [0.4, 0.5) is 0 Å². The number of ether oxygens (including phenoxy) is 1. The Morgan fingerprint density at radius 1 is 1.00 bits per heavy atom. The number of hydrogen-bond acceptors (Lipinski definition) is 6. The molecule has 17 heavy (non-hydrogen) atoms. The van der Waals surface area contributed by atoms with Crippen LogP contribution in [0.5, 0.6) is 0 Å². The standard InChI is InChI=1S/C11H18N4O2/c16-9(7-1-10(2-7)5-12-14-10)17-8-3-11(4-8)6-13-15-11/h7-8,12-15H,1-6H2. The van der Waals surface area contributed by atoms with Crippen LogP contribution in [-0.4, -0.2) is 36.2 Å². The normalized spacial score (nSPS) is 51.1. The SMILES string of the molecule is O=C(OC1CC2(CNN2)C1)C1CC2(CNN2)C1. The van der Waals surface area contributed by atoms with Crippen molar-refractivity contribution in [1.82, 2.24) is 21.7 Å². The van der Waals surface area contributed by atoms with Crippen molar-refractivity contribution >= 4 is 5.97 Å². The third-order valence-corrected chi connectivity index (χ3v) is 4.69. The van der Waals surface area contributed by atoms with Gasteiger partial charge in [0.15, 0.2) is 0 Å². The number of hydrazine groups is 2. The second-order valence-electron chi connectivity index (χ2n) is 6.09. The number of carbonyl (C=O) groups is 1. The Hall–Kier alpha value is -0.690. The van der Waals surface area contributed by atoms with Gasteiger partial charge >= 0.3 is 5.97 Å². The zero-order valence-electron chi connectivity index (χ0n) is 9.71. The predicted octanol–water partition coefficient (Wildman–Crippen LogP) is -1.20. The van der Waals surface area contributed by atoms with Crippen molar-refractivity contribution < 1.29 is 9.53 Å². The van der Waals surface area contributed by atoms with Crippen molar-refractivity contribution in [3.05, 3.63) is 0 Å². The topological polar surface area (TPSA) is 74.4 Å². The number of carbonyl (C=O) groups excluding carboxylic acids is 1. The van der Waals surface area contributed by atoms with E-state index in [-0.39, 0.29) is 29.1 Å². The zero-order valence-corrected chi connectivity index (χ0v) is 9.71. The van der Waals surface area contributed by atoms with Gasteiger partial charge in [0.1, 0.15) is 6.10 Å². The van der Waals surface area contributed by atoms with E-state index in [0.717, 1.165) is 38.8 Å². The lowest BCUT2D eigenvalue weighted by molar-refractivity contribution is -0.174. The quantitative estimate of drug-likeness (QED) is 0.453. The highest BCUT2D eigenvalue weighted by atomic mass is 16.5. The number of rotatable bonds is 2. The zero-order chi connectivity index (χ0) is 11.5. The van der Waals surface area contributed by atoms with Gasteiger partial charge in [-0.3, -0.25) is 26.5 Å². The summed E-state index contributed by atoms with van der Waals surface area (Å²) in [7, 11) is 0. The highest BCUT2D eigenvalue weighted by Crippen LogP contribution is 2.42. The molecule has 4 rings (SSSR count). The second kappa shape index (κ2) is 3.20. The lowest BCUT2D eigenvalue weighted by Gasteiger charge is -2.56. The minimum Gasteiger partial charge on any atom is -0.462 e. The molecule has 0 bridgehead atoms. The Morgan fingerprint density at radius 2 is 1.53 bits per heavy atom. The van der Waals surface area contributed by atoms with Gasteiger partial charge in [0.25, 0.3) is 0 Å². The fourth-order valence-corrected chi connectivity index (χ4v) is 3.38. The largest absolute Gasteiger partial charge is 0.462 e. The van der Waals surface area contributed by atoms with Gasteiger partial charge in [0.05, 0.1) is 11.5 Å². The van der Waals surface area contributed by atoms with E-state index in [1.54, 1.807) is 0 Å². The molecule has 2 aliphatic heterocycles. The van der Waals surface area contributed by atoms with Crippen molar-refractivity contribution in [1.29, 1.82) is 0 Å². The minimum absolute atomic E-state index is 0.0106. The summed E-state index contributed by atoms with van der Waals surface area (Å²) in [6, 6.07) is 0. The van der Waals surface area contributed by atoms with E-state index in [9.17, 15) is 4.79 Å². The summed E-state index contributed by atoms with van der Waals surface area (Å²) in [6.07, 6.45) is 3.92. The first-order valence-corrected chi connectivity index (χ1v) is 6.39. The summed E-state index contributed by atoms with van der Waals surface area (Å²) in [4.78, 5) is 11.9. The smallest absolute Gasteiger partial charge is 0.309 e. The highest BCUT2D eigenvalue weighted by Gasteiger charge is 2.54. The van der Waals surface area contributed by atoms with Crippen LogP contribution in [0, 0.1) is 5.92 Å². The molecule has 0 amide bonds. The molecule has 0 aromatic rings. The molecule has 0 aromatic heterocycles. The summed E-state index contributed by atoms with van der Waals surface area (Å²) in [5.74, 6) is 0.130. The average Bonchev–Trinajstić information content (AvgIpc) is 2.02. The van der Waals surface area contributed by atoms with E-state index in [0.29, 0.717) is 0 Å². The molecule has 4 aliphatic rings. The summed E-state index contributed by atoms with van der Waals surface area (Å²) in [5.41, 5.74) is 12.9.